The van der Waals surface area contributed by atoms with Crippen LogP contribution in [0.2, 0.25) is 0 Å². The van der Waals surface area contributed by atoms with Gasteiger partial charge in [-0.05, 0) is 6.92 Å². The zero-order valence-corrected chi connectivity index (χ0v) is 8.67. The molecule has 0 aliphatic heterocycles. The molecule has 0 aliphatic rings. The summed E-state index contributed by atoms with van der Waals surface area (Å²) in [7, 11) is 0. The van der Waals surface area contributed by atoms with Crippen molar-refractivity contribution in [3.8, 4) is 0 Å². The Balaban J connectivity index is 2.79. The molecular formula is C7H10ClF2N5. The van der Waals surface area contributed by atoms with Gasteiger partial charge in [0.15, 0.2) is 5.82 Å². The van der Waals surface area contributed by atoms with Crippen molar-refractivity contribution in [2.45, 2.75) is 18.7 Å². The van der Waals surface area contributed by atoms with E-state index in [9.17, 15) is 8.78 Å². The topological polar surface area (TPSA) is 76.7 Å². The summed E-state index contributed by atoms with van der Waals surface area (Å²) in [5.74, 6) is 0.204. The highest BCUT2D eigenvalue weighted by atomic mass is 35.5. The van der Waals surface area contributed by atoms with Crippen molar-refractivity contribution < 1.29 is 8.78 Å². The van der Waals surface area contributed by atoms with Crippen LogP contribution >= 0.6 is 11.6 Å². The Bertz CT molecular complexity index is 333. The normalized spacial score (nSPS) is 12.9. The summed E-state index contributed by atoms with van der Waals surface area (Å²) >= 11 is 5.73. The van der Waals surface area contributed by atoms with Gasteiger partial charge in [0.1, 0.15) is 0 Å². The number of halogens is 3. The minimum atomic E-state index is -2.49. The molecule has 0 fully saturated rings. The van der Waals surface area contributed by atoms with E-state index in [0.29, 0.717) is 0 Å². The number of nitrogens with zero attached hydrogens (tertiary/aromatic N) is 3. The first kappa shape index (κ1) is 11.8. The van der Waals surface area contributed by atoms with Crippen LogP contribution in [0.25, 0.3) is 0 Å². The highest BCUT2D eigenvalue weighted by molar-refractivity contribution is 6.20. The third-order valence-electron chi connectivity index (χ3n) is 1.44. The first-order valence-corrected chi connectivity index (χ1v) is 4.60. The third-order valence-corrected chi connectivity index (χ3v) is 1.64. The van der Waals surface area contributed by atoms with E-state index in [2.05, 4.69) is 20.3 Å². The Labute approximate surface area is 90.1 Å². The molecule has 0 aromatic carbocycles. The fourth-order valence-electron chi connectivity index (χ4n) is 0.835. The van der Waals surface area contributed by atoms with Gasteiger partial charge < -0.3 is 11.1 Å². The van der Waals surface area contributed by atoms with Crippen LogP contribution in [0.4, 0.5) is 20.7 Å². The van der Waals surface area contributed by atoms with E-state index in [1.807, 2.05) is 0 Å². The number of nitrogens with two attached hydrogens (primary N) is 1. The fraction of sp³-hybridized carbons (Fsp3) is 0.571. The van der Waals surface area contributed by atoms with Gasteiger partial charge in [0.2, 0.25) is 11.9 Å². The van der Waals surface area contributed by atoms with E-state index in [4.69, 9.17) is 17.3 Å². The molecule has 84 valence electrons. The van der Waals surface area contributed by atoms with Crippen LogP contribution in [-0.4, -0.2) is 27.9 Å². The Morgan fingerprint density at radius 2 is 2.07 bits per heavy atom. The molecule has 0 radical (unpaired) electrons. The Morgan fingerprint density at radius 3 is 2.60 bits per heavy atom. The maximum atomic E-state index is 11.9. The lowest BCUT2D eigenvalue weighted by molar-refractivity contribution is 0.163. The number of nitrogen functional groups attached to an aromatic ring is 1. The van der Waals surface area contributed by atoms with Crippen LogP contribution < -0.4 is 11.1 Å². The molecule has 0 saturated carbocycles. The van der Waals surface area contributed by atoms with E-state index in [-0.39, 0.29) is 17.7 Å². The second kappa shape index (κ2) is 5.01. The van der Waals surface area contributed by atoms with Gasteiger partial charge in [-0.15, -0.1) is 11.6 Å². The van der Waals surface area contributed by atoms with Crippen molar-refractivity contribution in [2.24, 2.45) is 0 Å². The molecule has 1 rings (SSSR count). The van der Waals surface area contributed by atoms with Crippen LogP contribution in [-0.2, 0) is 0 Å². The molecule has 0 bridgehead atoms. The largest absolute Gasteiger partial charge is 0.368 e. The maximum Gasteiger partial charge on any atom is 0.255 e. The quantitative estimate of drug-likeness (QED) is 0.775. The Hall–Kier alpha value is -1.24. The minimum absolute atomic E-state index is 0.00491. The SMILES string of the molecule is CC(Cl)c1nc(N)nc(NCC(F)F)n1. The van der Waals surface area contributed by atoms with Crippen molar-refractivity contribution >= 4 is 23.5 Å². The molecule has 1 unspecified atom stereocenters. The van der Waals surface area contributed by atoms with Crippen LogP contribution in [0.15, 0.2) is 0 Å². The molecule has 3 N–H and O–H groups in total. The number of alkyl halides is 3. The first-order chi connectivity index (χ1) is 6.99. The van der Waals surface area contributed by atoms with Crippen LogP contribution in [0.5, 0.6) is 0 Å². The van der Waals surface area contributed by atoms with Gasteiger partial charge in [-0.25, -0.2) is 8.78 Å². The Morgan fingerprint density at radius 1 is 1.40 bits per heavy atom. The molecule has 1 aromatic rings. The number of anilines is 2. The second-order valence-electron chi connectivity index (χ2n) is 2.76. The van der Waals surface area contributed by atoms with Crippen molar-refractivity contribution in [3.63, 3.8) is 0 Å². The van der Waals surface area contributed by atoms with Gasteiger partial charge in [-0.1, -0.05) is 0 Å². The number of nitrogens with one attached hydrogen (secondary N) is 1. The molecule has 8 heteroatoms. The molecule has 1 atom stereocenters. The van der Waals surface area contributed by atoms with Gasteiger partial charge in [0, 0.05) is 0 Å². The summed E-state index contributed by atoms with van der Waals surface area (Å²) in [4.78, 5) is 11.2. The number of rotatable bonds is 4. The summed E-state index contributed by atoms with van der Waals surface area (Å²) in [6.45, 7) is 1.10. The highest BCUT2D eigenvalue weighted by Crippen LogP contribution is 2.16. The lowest BCUT2D eigenvalue weighted by Crippen LogP contribution is -2.15. The van der Waals surface area contributed by atoms with Crippen LogP contribution in [0.3, 0.4) is 0 Å². The average Bonchev–Trinajstić information content (AvgIpc) is 2.13. The zero-order chi connectivity index (χ0) is 11.4. The molecular weight excluding hydrogens is 228 g/mol. The lowest BCUT2D eigenvalue weighted by Gasteiger charge is -2.07. The summed E-state index contributed by atoms with van der Waals surface area (Å²) in [6.07, 6.45) is -2.49. The lowest BCUT2D eigenvalue weighted by atomic mass is 10.4. The molecule has 0 saturated heterocycles. The number of hydrogen-bond acceptors (Lipinski definition) is 5. The third kappa shape index (κ3) is 3.78. The Kier molecular flexibility index (Phi) is 3.96. The van der Waals surface area contributed by atoms with Crippen LogP contribution in [0.1, 0.15) is 18.1 Å². The zero-order valence-electron chi connectivity index (χ0n) is 7.91. The van der Waals surface area contributed by atoms with Gasteiger partial charge in [0.05, 0.1) is 11.9 Å². The van der Waals surface area contributed by atoms with Crippen molar-refractivity contribution in [3.05, 3.63) is 5.82 Å². The van der Waals surface area contributed by atoms with Crippen molar-refractivity contribution in [2.75, 3.05) is 17.6 Å². The van der Waals surface area contributed by atoms with E-state index >= 15 is 0 Å². The van der Waals surface area contributed by atoms with E-state index in [1.54, 1.807) is 6.92 Å². The van der Waals surface area contributed by atoms with Crippen LogP contribution in [0, 0.1) is 0 Å². The molecule has 5 nitrogen and oxygen atoms in total. The molecule has 0 aliphatic carbocycles. The predicted molar refractivity (Wildman–Crippen MR) is 53.0 cm³/mol. The number of aromatic nitrogens is 3. The summed E-state index contributed by atoms with van der Waals surface area (Å²) in [5.41, 5.74) is 5.36. The maximum absolute atomic E-state index is 11.9. The van der Waals surface area contributed by atoms with Gasteiger partial charge in [0.25, 0.3) is 6.43 Å². The highest BCUT2D eigenvalue weighted by Gasteiger charge is 2.10. The predicted octanol–water partition coefficient (Wildman–Crippen LogP) is 1.43. The minimum Gasteiger partial charge on any atom is -0.368 e. The first-order valence-electron chi connectivity index (χ1n) is 4.16. The average molecular weight is 238 g/mol. The van der Waals surface area contributed by atoms with Gasteiger partial charge in [-0.3, -0.25) is 0 Å². The summed E-state index contributed by atoms with van der Waals surface area (Å²) < 4.78 is 23.8. The molecule has 1 aromatic heterocycles. The standard InChI is InChI=1S/C7H10ClF2N5/c1-3(8)5-13-6(11)15-7(14-5)12-2-4(9)10/h3-4H,2H2,1H3,(H3,11,12,13,14,15). The summed E-state index contributed by atoms with van der Waals surface area (Å²) in [6, 6.07) is 0. The van der Waals surface area contributed by atoms with Gasteiger partial charge in [-0.2, -0.15) is 15.0 Å². The van der Waals surface area contributed by atoms with E-state index in [1.165, 1.54) is 0 Å². The second-order valence-corrected chi connectivity index (χ2v) is 3.42. The van der Waals surface area contributed by atoms with Gasteiger partial charge >= 0.3 is 0 Å². The van der Waals surface area contributed by atoms with Crippen molar-refractivity contribution in [1.82, 2.24) is 15.0 Å². The molecule has 0 spiro atoms. The molecule has 1 heterocycles. The smallest absolute Gasteiger partial charge is 0.255 e. The van der Waals surface area contributed by atoms with E-state index < -0.39 is 18.3 Å². The molecule has 0 amide bonds. The molecule has 15 heavy (non-hydrogen) atoms. The summed E-state index contributed by atoms with van der Waals surface area (Å²) in [5, 5.41) is 1.87. The monoisotopic (exact) mass is 237 g/mol. The van der Waals surface area contributed by atoms with E-state index in [0.717, 1.165) is 0 Å². The van der Waals surface area contributed by atoms with Crippen molar-refractivity contribution in [1.29, 1.82) is 0 Å². The fourth-order valence-corrected chi connectivity index (χ4v) is 0.932. The number of hydrogen-bond donors (Lipinski definition) is 2.